The fourth-order valence-electron chi connectivity index (χ4n) is 4.88. The minimum atomic E-state index is -0.417. The van der Waals surface area contributed by atoms with Crippen LogP contribution in [0.1, 0.15) is 44.1 Å². The maximum absolute atomic E-state index is 12.6. The predicted molar refractivity (Wildman–Crippen MR) is 110 cm³/mol. The summed E-state index contributed by atoms with van der Waals surface area (Å²) < 4.78 is 5.03. The number of esters is 1. The zero-order chi connectivity index (χ0) is 20.1. The molecule has 2 saturated heterocycles. The number of benzene rings is 1. The Hall–Kier alpha value is -2.14. The van der Waals surface area contributed by atoms with Crippen LogP contribution in [0.3, 0.4) is 0 Å². The van der Waals surface area contributed by atoms with E-state index in [9.17, 15) is 9.59 Å². The van der Waals surface area contributed by atoms with Crippen LogP contribution in [-0.2, 0) is 14.3 Å². The lowest BCUT2D eigenvalue weighted by Crippen LogP contribution is -2.57. The minimum Gasteiger partial charge on any atom is -0.469 e. The summed E-state index contributed by atoms with van der Waals surface area (Å²) in [4.78, 5) is 29.3. The number of carbonyl (C=O) groups excluding carboxylic acids is 2. The molecule has 28 heavy (non-hydrogen) atoms. The first kappa shape index (κ1) is 20.6. The summed E-state index contributed by atoms with van der Waals surface area (Å²) in [5.41, 5.74) is 0.959. The highest BCUT2D eigenvalue weighted by Gasteiger charge is 2.56. The van der Waals surface area contributed by atoms with E-state index in [0.717, 1.165) is 38.9 Å². The van der Waals surface area contributed by atoms with Crippen LogP contribution in [-0.4, -0.2) is 60.5 Å². The zero-order valence-corrected chi connectivity index (χ0v) is 17.1. The Morgan fingerprint density at radius 3 is 2.61 bits per heavy atom. The van der Waals surface area contributed by atoms with Gasteiger partial charge in [-0.2, -0.15) is 0 Å². The normalized spacial score (nSPS) is 23.0. The number of hydrogen-bond donors (Lipinski definition) is 0. The highest BCUT2D eigenvalue weighted by Crippen LogP contribution is 2.44. The largest absolute Gasteiger partial charge is 0.469 e. The molecule has 2 atom stereocenters. The van der Waals surface area contributed by atoms with Crippen LogP contribution in [0.25, 0.3) is 0 Å². The molecule has 5 nitrogen and oxygen atoms in total. The van der Waals surface area contributed by atoms with Crippen molar-refractivity contribution in [3.8, 4) is 0 Å². The molecule has 152 valence electrons. The molecule has 0 bridgehead atoms. The molecule has 1 amide bonds. The van der Waals surface area contributed by atoms with Crippen molar-refractivity contribution in [2.75, 3.05) is 33.3 Å². The van der Waals surface area contributed by atoms with Gasteiger partial charge < -0.3 is 14.5 Å². The van der Waals surface area contributed by atoms with Crippen LogP contribution in [0.15, 0.2) is 43.0 Å². The molecule has 2 aliphatic heterocycles. The molecule has 3 rings (SSSR count). The van der Waals surface area contributed by atoms with Gasteiger partial charge in [-0.05, 0) is 37.3 Å². The molecule has 5 heteroatoms. The molecule has 1 aromatic rings. The average molecular weight is 385 g/mol. The number of rotatable bonds is 7. The molecule has 0 aromatic heterocycles. The fraction of sp³-hybridized carbons (Fsp3) is 0.565. The predicted octanol–water partition coefficient (Wildman–Crippen LogP) is 3.22. The topological polar surface area (TPSA) is 49.9 Å². The maximum Gasteiger partial charge on any atom is 0.311 e. The van der Waals surface area contributed by atoms with Crippen molar-refractivity contribution in [2.45, 2.75) is 44.1 Å². The van der Waals surface area contributed by atoms with Crippen LogP contribution in [0, 0.1) is 5.92 Å². The quantitative estimate of drug-likeness (QED) is 0.535. The van der Waals surface area contributed by atoms with Crippen LogP contribution in [0.5, 0.6) is 0 Å². The van der Waals surface area contributed by atoms with Gasteiger partial charge in [0.15, 0.2) is 0 Å². The molecule has 1 spiro atoms. The van der Waals surface area contributed by atoms with Crippen molar-refractivity contribution >= 4 is 11.9 Å². The van der Waals surface area contributed by atoms with Crippen molar-refractivity contribution in [1.29, 1.82) is 0 Å². The summed E-state index contributed by atoms with van der Waals surface area (Å²) in [6, 6.07) is 10.6. The number of carbonyl (C=O) groups is 2. The number of piperidine rings is 1. The SMILES string of the molecule is C=CCN1C(=O)CC(C(=O)OC)C12CCN(CCC(C)c1ccccc1)CC2. The van der Waals surface area contributed by atoms with Gasteiger partial charge in [0.1, 0.15) is 0 Å². The monoisotopic (exact) mass is 384 g/mol. The van der Waals surface area contributed by atoms with E-state index >= 15 is 0 Å². The molecule has 1 aromatic carbocycles. The highest BCUT2D eigenvalue weighted by atomic mass is 16.5. The van der Waals surface area contributed by atoms with Gasteiger partial charge >= 0.3 is 5.97 Å². The minimum absolute atomic E-state index is 0.0430. The van der Waals surface area contributed by atoms with E-state index in [1.807, 2.05) is 4.90 Å². The summed E-state index contributed by atoms with van der Waals surface area (Å²) in [7, 11) is 1.41. The molecular formula is C23H32N2O3. The van der Waals surface area contributed by atoms with Crippen molar-refractivity contribution < 1.29 is 14.3 Å². The molecular weight excluding hydrogens is 352 g/mol. The number of amides is 1. The molecule has 0 aliphatic carbocycles. The molecule has 2 heterocycles. The van der Waals surface area contributed by atoms with Crippen molar-refractivity contribution in [1.82, 2.24) is 9.80 Å². The summed E-state index contributed by atoms with van der Waals surface area (Å²) in [6.07, 6.45) is 4.74. The average Bonchev–Trinajstić information content (AvgIpc) is 2.99. The van der Waals surface area contributed by atoms with Crippen LogP contribution in [0.2, 0.25) is 0 Å². The smallest absolute Gasteiger partial charge is 0.311 e. The Kier molecular flexibility index (Phi) is 6.55. The molecule has 2 unspecified atom stereocenters. The summed E-state index contributed by atoms with van der Waals surface area (Å²) in [5, 5.41) is 0. The standard InChI is InChI=1S/C23H32N2O3/c1-4-13-25-21(26)17-20(22(27)28-3)23(25)11-15-24(16-12-23)14-10-18(2)19-8-6-5-7-9-19/h4-9,18,20H,1,10-17H2,2-3H3. The Morgan fingerprint density at radius 1 is 1.32 bits per heavy atom. The van der Waals surface area contributed by atoms with Gasteiger partial charge in [0.25, 0.3) is 0 Å². The lowest BCUT2D eigenvalue weighted by Gasteiger charge is -2.47. The summed E-state index contributed by atoms with van der Waals surface area (Å²) in [5.74, 6) is -0.0620. The lowest BCUT2D eigenvalue weighted by atomic mass is 9.76. The van der Waals surface area contributed by atoms with Gasteiger partial charge in [0.05, 0.1) is 18.6 Å². The lowest BCUT2D eigenvalue weighted by molar-refractivity contribution is -0.150. The van der Waals surface area contributed by atoms with E-state index in [-0.39, 0.29) is 24.2 Å². The van der Waals surface area contributed by atoms with E-state index in [1.165, 1.54) is 12.7 Å². The van der Waals surface area contributed by atoms with E-state index in [0.29, 0.717) is 12.5 Å². The third kappa shape index (κ3) is 4.00. The molecule has 0 N–H and O–H groups in total. The molecule has 2 aliphatic rings. The van der Waals surface area contributed by atoms with E-state index in [4.69, 9.17) is 4.74 Å². The number of likely N-dealkylation sites (tertiary alicyclic amines) is 2. The van der Waals surface area contributed by atoms with E-state index < -0.39 is 5.54 Å². The van der Waals surface area contributed by atoms with Crippen molar-refractivity contribution in [3.63, 3.8) is 0 Å². The third-order valence-electron chi connectivity index (χ3n) is 6.63. The Balaban J connectivity index is 1.63. The van der Waals surface area contributed by atoms with Crippen molar-refractivity contribution in [2.24, 2.45) is 5.92 Å². The third-order valence-corrected chi connectivity index (χ3v) is 6.63. The second kappa shape index (κ2) is 8.91. The van der Waals surface area contributed by atoms with E-state index in [2.05, 4.69) is 48.7 Å². The van der Waals surface area contributed by atoms with E-state index in [1.54, 1.807) is 6.08 Å². The number of ether oxygens (including phenoxy) is 1. The first-order valence-corrected chi connectivity index (χ1v) is 10.3. The van der Waals surface area contributed by atoms with Gasteiger partial charge in [-0.15, -0.1) is 6.58 Å². The first-order chi connectivity index (χ1) is 13.5. The molecule has 0 saturated carbocycles. The highest BCUT2D eigenvalue weighted by molar-refractivity contribution is 5.89. The maximum atomic E-state index is 12.6. The zero-order valence-electron chi connectivity index (χ0n) is 17.1. The number of methoxy groups -OCH3 is 1. The van der Waals surface area contributed by atoms with Gasteiger partial charge in [-0.25, -0.2) is 0 Å². The Labute approximate surface area is 168 Å². The fourth-order valence-corrected chi connectivity index (χ4v) is 4.88. The van der Waals surface area contributed by atoms with Gasteiger partial charge in [-0.3, -0.25) is 9.59 Å². The van der Waals surface area contributed by atoms with Crippen LogP contribution in [0.4, 0.5) is 0 Å². The number of nitrogens with zero attached hydrogens (tertiary/aromatic N) is 2. The second-order valence-electron chi connectivity index (χ2n) is 8.12. The summed E-state index contributed by atoms with van der Waals surface area (Å²) >= 11 is 0. The molecule has 0 radical (unpaired) electrons. The van der Waals surface area contributed by atoms with Gasteiger partial charge in [0.2, 0.25) is 5.91 Å². The Morgan fingerprint density at radius 2 is 2.00 bits per heavy atom. The Bertz CT molecular complexity index is 695. The summed E-state index contributed by atoms with van der Waals surface area (Å²) in [6.45, 7) is 9.40. The molecule has 2 fully saturated rings. The van der Waals surface area contributed by atoms with Gasteiger partial charge in [0, 0.05) is 26.1 Å². The number of hydrogen-bond acceptors (Lipinski definition) is 4. The van der Waals surface area contributed by atoms with Gasteiger partial charge in [-0.1, -0.05) is 43.3 Å². The van der Waals surface area contributed by atoms with Crippen LogP contribution < -0.4 is 0 Å². The second-order valence-corrected chi connectivity index (χ2v) is 8.12. The van der Waals surface area contributed by atoms with Crippen LogP contribution >= 0.6 is 0 Å². The first-order valence-electron chi connectivity index (χ1n) is 10.3. The van der Waals surface area contributed by atoms with Crippen molar-refractivity contribution in [3.05, 3.63) is 48.6 Å².